The molecule has 0 saturated heterocycles. The van der Waals surface area contributed by atoms with Gasteiger partial charge in [0.1, 0.15) is 23.1 Å². The molecule has 1 amide bonds. The van der Waals surface area contributed by atoms with E-state index in [4.69, 9.17) is 4.74 Å². The summed E-state index contributed by atoms with van der Waals surface area (Å²) in [5.41, 5.74) is 0.106. The number of benzene rings is 2. The number of hydrogen-bond acceptors (Lipinski definition) is 4. The van der Waals surface area contributed by atoms with Gasteiger partial charge in [-0.05, 0) is 47.4 Å². The SMILES string of the molecule is O=C(COC(=O)/C(=C/c1ccc(F)cc1)c1cccs1)Nc1c(F)cccc1F. The van der Waals surface area contributed by atoms with E-state index in [1.807, 2.05) is 5.32 Å². The zero-order chi connectivity index (χ0) is 20.8. The van der Waals surface area contributed by atoms with Gasteiger partial charge in [0.25, 0.3) is 5.91 Å². The van der Waals surface area contributed by atoms with Crippen molar-refractivity contribution in [3.8, 4) is 0 Å². The number of nitrogens with one attached hydrogen (secondary N) is 1. The van der Waals surface area contributed by atoms with Gasteiger partial charge in [0.05, 0.1) is 5.57 Å². The van der Waals surface area contributed by atoms with Crippen molar-refractivity contribution in [1.82, 2.24) is 0 Å². The van der Waals surface area contributed by atoms with E-state index in [1.54, 1.807) is 17.5 Å². The van der Waals surface area contributed by atoms with Crippen LogP contribution in [0, 0.1) is 17.5 Å². The number of thiophene rings is 1. The molecule has 148 valence electrons. The van der Waals surface area contributed by atoms with Gasteiger partial charge in [-0.1, -0.05) is 24.3 Å². The Morgan fingerprint density at radius 2 is 1.66 bits per heavy atom. The third kappa shape index (κ3) is 5.32. The summed E-state index contributed by atoms with van der Waals surface area (Å²) in [6, 6.07) is 12.0. The largest absolute Gasteiger partial charge is 0.452 e. The highest BCUT2D eigenvalue weighted by atomic mass is 32.1. The summed E-state index contributed by atoms with van der Waals surface area (Å²) < 4.78 is 45.3. The van der Waals surface area contributed by atoms with Crippen molar-refractivity contribution >= 4 is 40.5 Å². The first-order valence-corrected chi connectivity index (χ1v) is 9.24. The van der Waals surface area contributed by atoms with Crippen molar-refractivity contribution in [2.45, 2.75) is 0 Å². The molecule has 3 aromatic rings. The summed E-state index contributed by atoms with van der Waals surface area (Å²) in [7, 11) is 0. The topological polar surface area (TPSA) is 55.4 Å². The van der Waals surface area contributed by atoms with E-state index in [0.29, 0.717) is 10.4 Å². The van der Waals surface area contributed by atoms with Gasteiger partial charge >= 0.3 is 5.97 Å². The van der Waals surface area contributed by atoms with Gasteiger partial charge in [0.2, 0.25) is 0 Å². The monoisotopic (exact) mass is 417 g/mol. The van der Waals surface area contributed by atoms with Gasteiger partial charge in [0, 0.05) is 4.88 Å². The molecule has 3 rings (SSSR count). The highest BCUT2D eigenvalue weighted by Gasteiger charge is 2.18. The molecule has 29 heavy (non-hydrogen) atoms. The lowest BCUT2D eigenvalue weighted by atomic mass is 10.1. The summed E-state index contributed by atoms with van der Waals surface area (Å²) >= 11 is 1.28. The molecule has 4 nitrogen and oxygen atoms in total. The van der Waals surface area contributed by atoms with Crippen molar-refractivity contribution in [3.63, 3.8) is 0 Å². The maximum Gasteiger partial charge on any atom is 0.340 e. The first kappa shape index (κ1) is 20.3. The summed E-state index contributed by atoms with van der Waals surface area (Å²) in [6.45, 7) is -0.737. The molecule has 2 aromatic carbocycles. The Bertz CT molecular complexity index is 1030. The standard InChI is InChI=1S/C21H14F3NO3S/c22-14-8-6-13(7-9-14)11-15(18-5-2-10-29-18)21(27)28-12-19(26)25-20-16(23)3-1-4-17(20)24/h1-11H,12H2,(H,25,26)/b15-11+. The Labute approximate surface area is 168 Å². The first-order chi connectivity index (χ1) is 13.9. The third-order valence-corrected chi connectivity index (χ3v) is 4.65. The van der Waals surface area contributed by atoms with Crippen molar-refractivity contribution in [3.05, 3.63) is 87.9 Å². The van der Waals surface area contributed by atoms with E-state index in [-0.39, 0.29) is 5.57 Å². The number of rotatable bonds is 6. The lowest BCUT2D eigenvalue weighted by Gasteiger charge is -2.09. The Balaban J connectivity index is 1.72. The summed E-state index contributed by atoms with van der Waals surface area (Å²) in [5.74, 6) is -4.00. The third-order valence-electron chi connectivity index (χ3n) is 3.75. The molecule has 0 radical (unpaired) electrons. The lowest BCUT2D eigenvalue weighted by Crippen LogP contribution is -2.22. The van der Waals surface area contributed by atoms with Crippen molar-refractivity contribution < 1.29 is 27.5 Å². The minimum Gasteiger partial charge on any atom is -0.452 e. The van der Waals surface area contributed by atoms with Gasteiger partial charge in [-0.15, -0.1) is 11.3 Å². The number of amides is 1. The van der Waals surface area contributed by atoms with Gasteiger partial charge in [-0.3, -0.25) is 4.79 Å². The smallest absolute Gasteiger partial charge is 0.340 e. The maximum atomic E-state index is 13.6. The summed E-state index contributed by atoms with van der Waals surface area (Å²) in [5, 5.41) is 3.80. The quantitative estimate of drug-likeness (QED) is 0.459. The van der Waals surface area contributed by atoms with E-state index >= 15 is 0 Å². The average Bonchev–Trinajstić information content (AvgIpc) is 3.23. The molecule has 0 unspecified atom stereocenters. The number of carbonyl (C=O) groups excluding carboxylic acids is 2. The first-order valence-electron chi connectivity index (χ1n) is 8.36. The predicted molar refractivity (Wildman–Crippen MR) is 105 cm³/mol. The number of anilines is 1. The molecule has 0 saturated carbocycles. The molecule has 0 spiro atoms. The normalized spacial score (nSPS) is 11.2. The Morgan fingerprint density at radius 3 is 2.28 bits per heavy atom. The predicted octanol–water partition coefficient (Wildman–Crippen LogP) is 4.89. The highest BCUT2D eigenvalue weighted by molar-refractivity contribution is 7.11. The van der Waals surface area contributed by atoms with Crippen LogP contribution in [0.25, 0.3) is 11.6 Å². The number of para-hydroxylation sites is 1. The molecule has 0 bridgehead atoms. The zero-order valence-corrected chi connectivity index (χ0v) is 15.6. The van der Waals surface area contributed by atoms with Crippen LogP contribution in [-0.2, 0) is 14.3 Å². The fraction of sp³-hybridized carbons (Fsp3) is 0.0476. The van der Waals surface area contributed by atoms with E-state index in [0.717, 1.165) is 18.2 Å². The Kier molecular flexibility index (Phi) is 6.46. The number of halogens is 3. The zero-order valence-electron chi connectivity index (χ0n) is 14.8. The fourth-order valence-electron chi connectivity index (χ4n) is 2.39. The molecule has 8 heteroatoms. The number of hydrogen-bond donors (Lipinski definition) is 1. The van der Waals surface area contributed by atoms with Gasteiger partial charge < -0.3 is 10.1 Å². The van der Waals surface area contributed by atoms with Crippen LogP contribution in [0.3, 0.4) is 0 Å². The van der Waals surface area contributed by atoms with Crippen LogP contribution in [0.2, 0.25) is 0 Å². The number of esters is 1. The fourth-order valence-corrected chi connectivity index (χ4v) is 3.12. The molecule has 0 fully saturated rings. The minimum absolute atomic E-state index is 0.163. The van der Waals surface area contributed by atoms with Crippen molar-refractivity contribution in [1.29, 1.82) is 0 Å². The van der Waals surface area contributed by atoms with Crippen LogP contribution >= 0.6 is 11.3 Å². The molecular weight excluding hydrogens is 403 g/mol. The Hall–Kier alpha value is -3.39. The summed E-state index contributed by atoms with van der Waals surface area (Å²) in [4.78, 5) is 25.0. The average molecular weight is 417 g/mol. The van der Waals surface area contributed by atoms with E-state index < -0.39 is 41.6 Å². The molecule has 1 aromatic heterocycles. The van der Waals surface area contributed by atoms with Crippen LogP contribution in [-0.4, -0.2) is 18.5 Å². The van der Waals surface area contributed by atoms with Crippen LogP contribution in [0.5, 0.6) is 0 Å². The van der Waals surface area contributed by atoms with Gasteiger partial charge in [-0.25, -0.2) is 18.0 Å². The molecule has 1 N–H and O–H groups in total. The molecule has 0 atom stereocenters. The van der Waals surface area contributed by atoms with Crippen LogP contribution in [0.1, 0.15) is 10.4 Å². The van der Waals surface area contributed by atoms with Crippen LogP contribution < -0.4 is 5.32 Å². The van der Waals surface area contributed by atoms with Crippen LogP contribution in [0.15, 0.2) is 60.0 Å². The number of ether oxygens (including phenoxy) is 1. The number of carbonyl (C=O) groups is 2. The molecular formula is C21H14F3NO3S. The lowest BCUT2D eigenvalue weighted by molar-refractivity contribution is -0.141. The minimum atomic E-state index is -0.944. The molecule has 1 heterocycles. The van der Waals surface area contributed by atoms with Crippen LogP contribution in [0.4, 0.5) is 18.9 Å². The van der Waals surface area contributed by atoms with Crippen molar-refractivity contribution in [2.24, 2.45) is 0 Å². The van der Waals surface area contributed by atoms with Gasteiger partial charge in [0.15, 0.2) is 6.61 Å². The van der Waals surface area contributed by atoms with Crippen molar-refractivity contribution in [2.75, 3.05) is 11.9 Å². The highest BCUT2D eigenvalue weighted by Crippen LogP contribution is 2.24. The van der Waals surface area contributed by atoms with E-state index in [1.165, 1.54) is 41.7 Å². The van der Waals surface area contributed by atoms with Gasteiger partial charge in [-0.2, -0.15) is 0 Å². The van der Waals surface area contributed by atoms with E-state index in [2.05, 4.69) is 0 Å². The Morgan fingerprint density at radius 1 is 0.966 bits per heavy atom. The summed E-state index contributed by atoms with van der Waals surface area (Å²) in [6.07, 6.45) is 1.50. The second-order valence-corrected chi connectivity index (χ2v) is 6.76. The molecule has 0 aliphatic carbocycles. The maximum absolute atomic E-state index is 13.6. The molecule has 0 aliphatic rings. The molecule has 0 aliphatic heterocycles. The second kappa shape index (κ2) is 9.20. The van der Waals surface area contributed by atoms with E-state index in [9.17, 15) is 22.8 Å². The second-order valence-electron chi connectivity index (χ2n) is 5.81.